The maximum atomic E-state index is 11.9. The maximum absolute atomic E-state index is 11.9. The predicted molar refractivity (Wildman–Crippen MR) is 63.5 cm³/mol. The molecule has 0 fully saturated rings. The maximum Gasteiger partial charge on any atom is 0.250 e. The van der Waals surface area contributed by atoms with Gasteiger partial charge >= 0.3 is 0 Å². The third-order valence-corrected chi connectivity index (χ3v) is 2.46. The molecule has 0 unspecified atom stereocenters. The monoisotopic (exact) mass is 239 g/mol. The van der Waals surface area contributed by atoms with Gasteiger partial charge in [0.05, 0.1) is 18.1 Å². The Balaban J connectivity index is 1.93. The standard InChI is InChI=1S/C13H9N3O2/c17-13(12-7-4-8-18-12)11-9-14-16(15-11)10-5-2-1-3-6-10/h1-9H. The van der Waals surface area contributed by atoms with Crippen molar-refractivity contribution in [3.63, 3.8) is 0 Å². The average Bonchev–Trinajstić information content (AvgIpc) is 3.10. The third-order valence-electron chi connectivity index (χ3n) is 2.46. The molecule has 1 aromatic carbocycles. The van der Waals surface area contributed by atoms with Gasteiger partial charge in [-0.3, -0.25) is 4.79 Å². The molecule has 88 valence electrons. The van der Waals surface area contributed by atoms with E-state index < -0.39 is 0 Å². The molecule has 0 spiro atoms. The number of hydrogen-bond donors (Lipinski definition) is 0. The highest BCUT2D eigenvalue weighted by Crippen LogP contribution is 2.09. The molecule has 2 heterocycles. The summed E-state index contributed by atoms with van der Waals surface area (Å²) >= 11 is 0. The summed E-state index contributed by atoms with van der Waals surface area (Å²) in [4.78, 5) is 13.4. The van der Waals surface area contributed by atoms with Crippen LogP contribution >= 0.6 is 0 Å². The topological polar surface area (TPSA) is 60.9 Å². The Morgan fingerprint density at radius 3 is 2.67 bits per heavy atom. The summed E-state index contributed by atoms with van der Waals surface area (Å²) in [6.07, 6.45) is 2.88. The number of benzene rings is 1. The quantitative estimate of drug-likeness (QED) is 0.656. The Kier molecular flexibility index (Phi) is 2.49. The first-order valence-electron chi connectivity index (χ1n) is 5.40. The normalized spacial score (nSPS) is 10.4. The lowest BCUT2D eigenvalue weighted by Crippen LogP contribution is -2.03. The highest BCUT2D eigenvalue weighted by molar-refractivity contribution is 6.05. The van der Waals surface area contributed by atoms with E-state index in [2.05, 4.69) is 10.2 Å². The molecule has 3 rings (SSSR count). The number of aromatic nitrogens is 3. The van der Waals surface area contributed by atoms with Gasteiger partial charge in [-0.05, 0) is 24.3 Å². The molecule has 0 N–H and O–H groups in total. The van der Waals surface area contributed by atoms with Crippen LogP contribution < -0.4 is 0 Å². The molecule has 0 aliphatic rings. The van der Waals surface area contributed by atoms with Gasteiger partial charge in [-0.25, -0.2) is 0 Å². The van der Waals surface area contributed by atoms with Gasteiger partial charge in [-0.1, -0.05) is 18.2 Å². The van der Waals surface area contributed by atoms with Crippen molar-refractivity contribution in [1.82, 2.24) is 15.0 Å². The summed E-state index contributed by atoms with van der Waals surface area (Å²) in [5, 5.41) is 8.19. The fourth-order valence-corrected chi connectivity index (χ4v) is 1.59. The van der Waals surface area contributed by atoms with Crippen LogP contribution in [0.15, 0.2) is 59.3 Å². The number of para-hydroxylation sites is 1. The zero-order valence-corrected chi connectivity index (χ0v) is 9.35. The first kappa shape index (κ1) is 10.5. The van der Waals surface area contributed by atoms with Crippen molar-refractivity contribution >= 4 is 5.78 Å². The second-order valence-corrected chi connectivity index (χ2v) is 3.66. The van der Waals surface area contributed by atoms with E-state index in [0.29, 0.717) is 0 Å². The van der Waals surface area contributed by atoms with Crippen molar-refractivity contribution in [2.75, 3.05) is 0 Å². The largest absolute Gasteiger partial charge is 0.461 e. The van der Waals surface area contributed by atoms with Crippen LogP contribution in [0.3, 0.4) is 0 Å². The van der Waals surface area contributed by atoms with Gasteiger partial charge in [0, 0.05) is 0 Å². The number of hydrogen-bond acceptors (Lipinski definition) is 4. The molecule has 0 saturated heterocycles. The van der Waals surface area contributed by atoms with Crippen molar-refractivity contribution < 1.29 is 9.21 Å². The highest BCUT2D eigenvalue weighted by atomic mass is 16.3. The van der Waals surface area contributed by atoms with Crippen LogP contribution in [0, 0.1) is 0 Å². The third kappa shape index (κ3) is 1.82. The summed E-state index contributed by atoms with van der Waals surface area (Å²) < 4.78 is 5.04. The lowest BCUT2D eigenvalue weighted by Gasteiger charge is -1.96. The van der Waals surface area contributed by atoms with Crippen LogP contribution in [-0.4, -0.2) is 20.8 Å². The van der Waals surface area contributed by atoms with Crippen molar-refractivity contribution in [3.8, 4) is 5.69 Å². The van der Waals surface area contributed by atoms with Gasteiger partial charge in [0.1, 0.15) is 0 Å². The first-order valence-corrected chi connectivity index (χ1v) is 5.40. The van der Waals surface area contributed by atoms with Gasteiger partial charge in [0.2, 0.25) is 5.78 Å². The van der Waals surface area contributed by atoms with Crippen molar-refractivity contribution in [1.29, 1.82) is 0 Å². The average molecular weight is 239 g/mol. The van der Waals surface area contributed by atoms with Crippen LogP contribution in [0.5, 0.6) is 0 Å². The van der Waals surface area contributed by atoms with Crippen molar-refractivity contribution in [2.45, 2.75) is 0 Å². The number of carbonyl (C=O) groups is 1. The van der Waals surface area contributed by atoms with E-state index in [0.717, 1.165) is 5.69 Å². The molecule has 0 aliphatic carbocycles. The molecule has 0 bridgehead atoms. The van der Waals surface area contributed by atoms with E-state index in [1.165, 1.54) is 17.3 Å². The first-order chi connectivity index (χ1) is 8.84. The van der Waals surface area contributed by atoms with E-state index in [-0.39, 0.29) is 17.2 Å². The summed E-state index contributed by atoms with van der Waals surface area (Å²) in [6, 6.07) is 12.7. The van der Waals surface area contributed by atoms with Gasteiger partial charge in [-0.2, -0.15) is 9.90 Å². The summed E-state index contributed by atoms with van der Waals surface area (Å²) in [7, 11) is 0. The molecule has 2 aromatic heterocycles. The van der Waals surface area contributed by atoms with Crippen LogP contribution in [0.2, 0.25) is 0 Å². The molecule has 5 nitrogen and oxygen atoms in total. The lowest BCUT2D eigenvalue weighted by atomic mass is 10.2. The van der Waals surface area contributed by atoms with Gasteiger partial charge in [0.15, 0.2) is 11.5 Å². The molecule has 0 radical (unpaired) electrons. The van der Waals surface area contributed by atoms with Crippen LogP contribution in [-0.2, 0) is 0 Å². The molecule has 3 aromatic rings. The van der Waals surface area contributed by atoms with Gasteiger partial charge < -0.3 is 4.42 Å². The second kappa shape index (κ2) is 4.29. The Hall–Kier alpha value is -2.69. The van der Waals surface area contributed by atoms with Crippen LogP contribution in [0.25, 0.3) is 5.69 Å². The number of furan rings is 1. The zero-order valence-electron chi connectivity index (χ0n) is 9.35. The second-order valence-electron chi connectivity index (χ2n) is 3.66. The summed E-state index contributed by atoms with van der Waals surface area (Å²) in [5.74, 6) is -0.0164. The van der Waals surface area contributed by atoms with Crippen molar-refractivity contribution in [2.24, 2.45) is 0 Å². The number of carbonyl (C=O) groups excluding carboxylic acids is 1. The molecule has 0 saturated carbocycles. The molecule has 0 amide bonds. The molecule has 5 heteroatoms. The van der Waals surface area contributed by atoms with Gasteiger partial charge in [-0.15, -0.1) is 5.10 Å². The van der Waals surface area contributed by atoms with Crippen LogP contribution in [0.4, 0.5) is 0 Å². The zero-order chi connectivity index (χ0) is 12.4. The smallest absolute Gasteiger partial charge is 0.250 e. The van der Waals surface area contributed by atoms with Gasteiger partial charge in [0.25, 0.3) is 0 Å². The Morgan fingerprint density at radius 1 is 1.11 bits per heavy atom. The van der Waals surface area contributed by atoms with E-state index in [9.17, 15) is 4.79 Å². The summed E-state index contributed by atoms with van der Waals surface area (Å²) in [6.45, 7) is 0. The molecule has 0 atom stereocenters. The summed E-state index contributed by atoms with van der Waals surface area (Å²) in [5.41, 5.74) is 1.06. The van der Waals surface area contributed by atoms with E-state index >= 15 is 0 Å². The number of rotatable bonds is 3. The van der Waals surface area contributed by atoms with Crippen LogP contribution in [0.1, 0.15) is 16.2 Å². The van der Waals surface area contributed by atoms with Crippen molar-refractivity contribution in [3.05, 3.63) is 66.4 Å². The Morgan fingerprint density at radius 2 is 1.94 bits per heavy atom. The molecular formula is C13H9N3O2. The highest BCUT2D eigenvalue weighted by Gasteiger charge is 2.15. The van der Waals surface area contributed by atoms with E-state index in [4.69, 9.17) is 4.42 Å². The predicted octanol–water partition coefficient (Wildman–Crippen LogP) is 2.09. The van der Waals surface area contributed by atoms with E-state index in [1.807, 2.05) is 30.3 Å². The Bertz CT molecular complexity index is 657. The molecular weight excluding hydrogens is 230 g/mol. The fourth-order valence-electron chi connectivity index (χ4n) is 1.59. The minimum Gasteiger partial charge on any atom is -0.461 e. The number of ketones is 1. The minimum atomic E-state index is -0.276. The lowest BCUT2D eigenvalue weighted by molar-refractivity contribution is 0.100. The fraction of sp³-hybridized carbons (Fsp3) is 0. The molecule has 18 heavy (non-hydrogen) atoms. The van der Waals surface area contributed by atoms with E-state index in [1.54, 1.807) is 12.1 Å². The number of nitrogens with zero attached hydrogens (tertiary/aromatic N) is 3. The Labute approximate surface area is 103 Å². The minimum absolute atomic E-state index is 0.258. The molecule has 0 aliphatic heterocycles. The SMILES string of the molecule is O=C(c1cnn(-c2ccccc2)n1)c1ccco1.